The van der Waals surface area contributed by atoms with E-state index in [1.54, 1.807) is 0 Å². The zero-order valence-electron chi connectivity index (χ0n) is 18.7. The molecule has 1 amide bonds. The first-order valence-corrected chi connectivity index (χ1v) is 11.6. The third-order valence-electron chi connectivity index (χ3n) is 5.65. The van der Waals surface area contributed by atoms with E-state index in [2.05, 4.69) is 37.4 Å². The van der Waals surface area contributed by atoms with E-state index in [0.717, 1.165) is 47.6 Å². The summed E-state index contributed by atoms with van der Waals surface area (Å²) in [6.07, 6.45) is 6.17. The molecule has 0 aromatic heterocycles. The number of hydrogen-bond donors (Lipinski definition) is 1. The highest BCUT2D eigenvalue weighted by Crippen LogP contribution is 2.30. The Morgan fingerprint density at radius 3 is 2.68 bits per heavy atom. The zero-order valence-corrected chi connectivity index (χ0v) is 19.5. The van der Waals surface area contributed by atoms with Gasteiger partial charge in [-0.15, -0.1) is 0 Å². The third kappa shape index (κ3) is 6.24. The second kappa shape index (κ2) is 11.2. The maximum atomic E-state index is 12.9. The molecule has 1 aliphatic heterocycles. The first-order valence-electron chi connectivity index (χ1n) is 11.2. The Labute approximate surface area is 191 Å². The van der Waals surface area contributed by atoms with Crippen LogP contribution in [0.1, 0.15) is 56.2 Å². The molecule has 0 radical (unpaired) electrons. The second-order valence-corrected chi connectivity index (χ2v) is 8.43. The van der Waals surface area contributed by atoms with Crippen molar-refractivity contribution in [3.63, 3.8) is 0 Å². The predicted molar refractivity (Wildman–Crippen MR) is 129 cm³/mol. The number of halogens is 1. The number of nitrogens with one attached hydrogen (secondary N) is 1. The molecule has 0 saturated heterocycles. The zero-order chi connectivity index (χ0) is 22.2. The van der Waals surface area contributed by atoms with Gasteiger partial charge in [0.05, 0.1) is 5.57 Å². The van der Waals surface area contributed by atoms with Gasteiger partial charge < -0.3 is 10.1 Å². The summed E-state index contributed by atoms with van der Waals surface area (Å²) in [5, 5.41) is 3.85. The van der Waals surface area contributed by atoms with E-state index in [1.165, 1.54) is 16.7 Å². The molecule has 1 heterocycles. The fourth-order valence-electron chi connectivity index (χ4n) is 4.11. The van der Waals surface area contributed by atoms with Gasteiger partial charge in [-0.2, -0.15) is 0 Å². The van der Waals surface area contributed by atoms with Gasteiger partial charge in [0.25, 0.3) is 5.91 Å². The summed E-state index contributed by atoms with van der Waals surface area (Å²) in [6, 6.07) is 16.3. The van der Waals surface area contributed by atoms with Crippen LogP contribution in [0.5, 0.6) is 0 Å². The molecule has 0 fully saturated rings. The summed E-state index contributed by atoms with van der Waals surface area (Å²) in [7, 11) is 0. The van der Waals surface area contributed by atoms with Gasteiger partial charge in [0, 0.05) is 30.8 Å². The van der Waals surface area contributed by atoms with Crippen LogP contribution in [0.2, 0.25) is 5.02 Å². The summed E-state index contributed by atoms with van der Waals surface area (Å²) < 4.78 is 6.11. The van der Waals surface area contributed by atoms with Crippen LogP contribution in [0.4, 0.5) is 0 Å². The lowest BCUT2D eigenvalue weighted by Gasteiger charge is -2.13. The van der Waals surface area contributed by atoms with Crippen molar-refractivity contribution in [2.24, 2.45) is 0 Å². The van der Waals surface area contributed by atoms with Crippen molar-refractivity contribution in [1.82, 2.24) is 5.32 Å². The van der Waals surface area contributed by atoms with E-state index in [-0.39, 0.29) is 12.0 Å². The van der Waals surface area contributed by atoms with Crippen LogP contribution < -0.4 is 5.32 Å². The molecule has 3 rings (SSSR count). The number of allylic oxidation sites excluding steroid dienone is 2. The number of hydrogen-bond acceptors (Lipinski definition) is 2. The molecule has 1 N–H and O–H groups in total. The fraction of sp³-hybridized carbons (Fsp3) is 0.370. The lowest BCUT2D eigenvalue weighted by Crippen LogP contribution is -2.27. The molecule has 1 aliphatic rings. The van der Waals surface area contributed by atoms with E-state index in [4.69, 9.17) is 16.3 Å². The van der Waals surface area contributed by atoms with Gasteiger partial charge in [0.1, 0.15) is 11.9 Å². The monoisotopic (exact) mass is 437 g/mol. The maximum Gasteiger partial charge on any atom is 0.250 e. The molecule has 2 aromatic carbocycles. The number of carbonyl (C=O) groups excluding carboxylic acids is 1. The summed E-state index contributed by atoms with van der Waals surface area (Å²) in [5.41, 5.74) is 5.60. The van der Waals surface area contributed by atoms with Crippen LogP contribution in [-0.4, -0.2) is 18.6 Å². The molecule has 164 valence electrons. The average Bonchev–Trinajstić information content (AvgIpc) is 3.18. The Morgan fingerprint density at radius 2 is 1.97 bits per heavy atom. The number of carbonyl (C=O) groups is 1. The Balaban J connectivity index is 1.59. The molecular weight excluding hydrogens is 406 g/mol. The van der Waals surface area contributed by atoms with Gasteiger partial charge in [-0.3, -0.25) is 4.79 Å². The van der Waals surface area contributed by atoms with Crippen molar-refractivity contribution in [2.75, 3.05) is 6.54 Å². The highest BCUT2D eigenvalue weighted by atomic mass is 35.5. The quantitative estimate of drug-likeness (QED) is 0.477. The molecule has 4 heteroatoms. The van der Waals surface area contributed by atoms with Crippen molar-refractivity contribution in [3.05, 3.63) is 87.7 Å². The van der Waals surface area contributed by atoms with E-state index in [0.29, 0.717) is 13.0 Å². The Kier molecular flexibility index (Phi) is 8.36. The van der Waals surface area contributed by atoms with Crippen LogP contribution >= 0.6 is 11.6 Å². The van der Waals surface area contributed by atoms with Crippen molar-refractivity contribution in [2.45, 2.75) is 59.0 Å². The Bertz CT molecular complexity index is 962. The SMILES string of the molecule is CCC=C(CCNC(=O)C1=C(CC)OC(Cc2ccccc2)C1)c1cc(Cl)ccc1C. The molecule has 0 spiro atoms. The number of ether oxygens (including phenoxy) is 1. The van der Waals surface area contributed by atoms with Crippen molar-refractivity contribution in [1.29, 1.82) is 0 Å². The standard InChI is InChI=1S/C27H32ClNO2/c1-4-9-21(24-17-22(28)13-12-19(24)3)14-15-29-27(30)25-18-23(31-26(25)5-2)16-20-10-7-6-8-11-20/h6-13,17,23H,4-5,14-16,18H2,1-3H3,(H,29,30). The normalized spacial score (nSPS) is 16.4. The smallest absolute Gasteiger partial charge is 0.250 e. The molecule has 3 nitrogen and oxygen atoms in total. The minimum absolute atomic E-state index is 0.00826. The number of rotatable bonds is 9. The summed E-state index contributed by atoms with van der Waals surface area (Å²) >= 11 is 6.22. The molecule has 2 aromatic rings. The fourth-order valence-corrected chi connectivity index (χ4v) is 4.29. The highest BCUT2D eigenvalue weighted by molar-refractivity contribution is 6.30. The largest absolute Gasteiger partial charge is 0.494 e. The average molecular weight is 438 g/mol. The van der Waals surface area contributed by atoms with Crippen LogP contribution in [0, 0.1) is 6.92 Å². The number of amides is 1. The maximum absolute atomic E-state index is 12.9. The van der Waals surface area contributed by atoms with Crippen LogP contribution in [-0.2, 0) is 16.0 Å². The molecule has 0 bridgehead atoms. The summed E-state index contributed by atoms with van der Waals surface area (Å²) in [5.74, 6) is 0.819. The molecule has 1 unspecified atom stereocenters. The van der Waals surface area contributed by atoms with Crippen LogP contribution in [0.15, 0.2) is 65.9 Å². The Morgan fingerprint density at radius 1 is 1.19 bits per heavy atom. The molecule has 1 atom stereocenters. The van der Waals surface area contributed by atoms with Gasteiger partial charge in [0.15, 0.2) is 0 Å². The van der Waals surface area contributed by atoms with E-state index in [1.807, 2.05) is 43.3 Å². The first-order chi connectivity index (χ1) is 15.0. The van der Waals surface area contributed by atoms with Crippen LogP contribution in [0.3, 0.4) is 0 Å². The van der Waals surface area contributed by atoms with Crippen molar-refractivity contribution < 1.29 is 9.53 Å². The van der Waals surface area contributed by atoms with Crippen LogP contribution in [0.25, 0.3) is 5.57 Å². The number of benzene rings is 2. The second-order valence-electron chi connectivity index (χ2n) is 7.99. The van der Waals surface area contributed by atoms with Gasteiger partial charge in [-0.05, 0) is 54.2 Å². The lowest BCUT2D eigenvalue weighted by molar-refractivity contribution is -0.117. The minimum Gasteiger partial charge on any atom is -0.494 e. The van der Waals surface area contributed by atoms with Gasteiger partial charge in [-0.1, -0.05) is 67.9 Å². The molecule has 0 saturated carbocycles. The first kappa shape index (κ1) is 23.1. The van der Waals surface area contributed by atoms with Crippen molar-refractivity contribution in [3.8, 4) is 0 Å². The molecule has 0 aliphatic carbocycles. The highest BCUT2D eigenvalue weighted by Gasteiger charge is 2.29. The summed E-state index contributed by atoms with van der Waals surface area (Å²) in [4.78, 5) is 12.9. The molecule has 31 heavy (non-hydrogen) atoms. The topological polar surface area (TPSA) is 38.3 Å². The molecular formula is C27H32ClNO2. The van der Waals surface area contributed by atoms with Crippen molar-refractivity contribution >= 4 is 23.1 Å². The van der Waals surface area contributed by atoms with Gasteiger partial charge in [-0.25, -0.2) is 0 Å². The third-order valence-corrected chi connectivity index (χ3v) is 5.89. The van der Waals surface area contributed by atoms with E-state index < -0.39 is 0 Å². The lowest BCUT2D eigenvalue weighted by atomic mass is 9.97. The van der Waals surface area contributed by atoms with Gasteiger partial charge >= 0.3 is 0 Å². The number of aryl methyl sites for hydroxylation is 1. The van der Waals surface area contributed by atoms with Gasteiger partial charge in [0.2, 0.25) is 0 Å². The minimum atomic E-state index is -0.00826. The van der Waals surface area contributed by atoms with E-state index >= 15 is 0 Å². The predicted octanol–water partition coefficient (Wildman–Crippen LogP) is 6.64. The Hall–Kier alpha value is -2.52. The summed E-state index contributed by atoms with van der Waals surface area (Å²) in [6.45, 7) is 6.84. The van der Waals surface area contributed by atoms with E-state index in [9.17, 15) is 4.79 Å².